The maximum Gasteiger partial charge on any atom is 0.317 e. The number of rotatable bonds is 11. The lowest BCUT2D eigenvalue weighted by Crippen LogP contribution is -2.38. The van der Waals surface area contributed by atoms with E-state index in [0.29, 0.717) is 36.7 Å². The molecule has 4 aromatic rings. The number of nitrogens with zero attached hydrogens (tertiary/aromatic N) is 3. The molecule has 5 rings (SSSR count). The smallest absolute Gasteiger partial charge is 0.317 e. The second-order valence-corrected chi connectivity index (χ2v) is 10.9. The molecule has 0 aliphatic heterocycles. The van der Waals surface area contributed by atoms with Crippen molar-refractivity contribution in [3.8, 4) is 22.1 Å². The predicted molar refractivity (Wildman–Crippen MR) is 151 cm³/mol. The Balaban J connectivity index is 1.31. The molecule has 0 saturated heterocycles. The summed E-state index contributed by atoms with van der Waals surface area (Å²) in [6.07, 6.45) is 7.35. The van der Waals surface area contributed by atoms with Crippen LogP contribution in [0.5, 0.6) is 11.5 Å². The summed E-state index contributed by atoms with van der Waals surface area (Å²) in [4.78, 5) is 36.0. The van der Waals surface area contributed by atoms with Crippen molar-refractivity contribution in [2.45, 2.75) is 45.6 Å². The van der Waals surface area contributed by atoms with Crippen LogP contribution in [0.1, 0.15) is 43.7 Å². The first-order valence-electron chi connectivity index (χ1n) is 13.2. The van der Waals surface area contributed by atoms with Crippen LogP contribution in [0.4, 0.5) is 9.18 Å². The van der Waals surface area contributed by atoms with E-state index in [9.17, 15) is 14.0 Å². The number of amides is 2. The Morgan fingerprint density at radius 2 is 1.92 bits per heavy atom. The molecule has 3 aromatic heterocycles. The number of benzene rings is 1. The van der Waals surface area contributed by atoms with Gasteiger partial charge in [-0.05, 0) is 60.6 Å². The van der Waals surface area contributed by atoms with Crippen LogP contribution in [0.3, 0.4) is 0 Å². The lowest BCUT2D eigenvalue weighted by Gasteiger charge is -2.21. The molecule has 202 valence electrons. The van der Waals surface area contributed by atoms with Gasteiger partial charge in [0.25, 0.3) is 0 Å². The summed E-state index contributed by atoms with van der Waals surface area (Å²) < 4.78 is 21.7. The molecule has 1 aliphatic carbocycles. The van der Waals surface area contributed by atoms with Gasteiger partial charge in [-0.3, -0.25) is 14.8 Å². The van der Waals surface area contributed by atoms with Gasteiger partial charge in [0.15, 0.2) is 11.6 Å². The fourth-order valence-corrected chi connectivity index (χ4v) is 5.53. The van der Waals surface area contributed by atoms with E-state index in [1.165, 1.54) is 17.4 Å². The number of Topliss-reactive ketones (excluding diaryl/α,β-unsaturated/α-hetero) is 1. The molecule has 0 unspecified atom stereocenters. The summed E-state index contributed by atoms with van der Waals surface area (Å²) in [6.45, 7) is 3.17. The van der Waals surface area contributed by atoms with E-state index in [-0.39, 0.29) is 24.0 Å². The first-order chi connectivity index (χ1) is 18.9. The van der Waals surface area contributed by atoms with E-state index in [1.54, 1.807) is 42.5 Å². The van der Waals surface area contributed by atoms with Crippen LogP contribution in [0.25, 0.3) is 20.8 Å². The van der Waals surface area contributed by atoms with E-state index in [0.717, 1.165) is 45.6 Å². The van der Waals surface area contributed by atoms with Crippen LogP contribution >= 0.6 is 11.3 Å². The van der Waals surface area contributed by atoms with Gasteiger partial charge in [0.2, 0.25) is 0 Å². The van der Waals surface area contributed by atoms with Crippen LogP contribution in [0.15, 0.2) is 54.9 Å². The number of urea groups is 1. The number of thiophene rings is 1. The third-order valence-corrected chi connectivity index (χ3v) is 7.81. The van der Waals surface area contributed by atoms with Crippen LogP contribution < -0.4 is 10.1 Å². The number of carbonyl (C=O) groups is 2. The highest BCUT2D eigenvalue weighted by atomic mass is 32.1. The molecular weight excluding hydrogens is 515 g/mol. The number of ketones is 1. The number of hydrogen-bond acceptors (Lipinski definition) is 6. The molecule has 1 fully saturated rings. The maximum atomic E-state index is 14.9. The highest BCUT2D eigenvalue weighted by molar-refractivity contribution is 7.22. The fraction of sp³-hybridized carbons (Fsp3) is 0.333. The molecule has 1 saturated carbocycles. The first-order valence-corrected chi connectivity index (χ1v) is 14.0. The molecule has 39 heavy (non-hydrogen) atoms. The topological polar surface area (TPSA) is 84.4 Å². The van der Waals surface area contributed by atoms with Gasteiger partial charge in [-0.25, -0.2) is 9.18 Å². The molecule has 0 radical (unpaired) electrons. The van der Waals surface area contributed by atoms with Gasteiger partial charge < -0.3 is 15.0 Å². The van der Waals surface area contributed by atoms with Gasteiger partial charge >= 0.3 is 6.03 Å². The molecule has 1 aromatic carbocycles. The van der Waals surface area contributed by atoms with Gasteiger partial charge in [0.1, 0.15) is 11.5 Å². The van der Waals surface area contributed by atoms with Crippen LogP contribution in [-0.4, -0.2) is 40.3 Å². The molecule has 0 bridgehead atoms. The standard InChI is InChI=1S/C30H31FN4O3S/c1-3-12-35(30(37)32-2)18-21-6-8-24(34-17-21)28-16-25-29(39-28)27(10-11-33-25)38-26-9-7-20(15-23(26)31)14-22(36)13-19-4-5-19/h6-11,15-17,19H,3-5,12-14,18H2,1-2H3,(H,32,37). The third-order valence-electron chi connectivity index (χ3n) is 6.65. The van der Waals surface area contributed by atoms with E-state index in [4.69, 9.17) is 4.74 Å². The van der Waals surface area contributed by atoms with E-state index in [1.807, 2.05) is 25.1 Å². The zero-order valence-electron chi connectivity index (χ0n) is 22.1. The minimum absolute atomic E-state index is 0.103. The fourth-order valence-electron chi connectivity index (χ4n) is 4.49. The Hall–Kier alpha value is -3.85. The number of ether oxygens (including phenoxy) is 1. The van der Waals surface area contributed by atoms with Crippen molar-refractivity contribution in [3.05, 3.63) is 71.8 Å². The van der Waals surface area contributed by atoms with Crippen molar-refractivity contribution in [3.63, 3.8) is 0 Å². The van der Waals surface area contributed by atoms with Crippen molar-refractivity contribution in [1.29, 1.82) is 0 Å². The minimum atomic E-state index is -0.500. The quantitative estimate of drug-likeness (QED) is 0.225. The number of hydrogen-bond donors (Lipinski definition) is 1. The number of nitrogens with one attached hydrogen (secondary N) is 1. The number of halogens is 1. The summed E-state index contributed by atoms with van der Waals surface area (Å²) >= 11 is 1.47. The summed E-state index contributed by atoms with van der Waals surface area (Å²) in [5.41, 5.74) is 3.11. The Morgan fingerprint density at radius 3 is 2.62 bits per heavy atom. The second-order valence-electron chi connectivity index (χ2n) is 9.89. The molecule has 7 nitrogen and oxygen atoms in total. The molecule has 1 aliphatic rings. The third kappa shape index (κ3) is 6.60. The van der Waals surface area contributed by atoms with Gasteiger partial charge in [-0.2, -0.15) is 0 Å². The summed E-state index contributed by atoms with van der Waals surface area (Å²) in [6, 6.07) is 12.1. The van der Waals surface area contributed by atoms with E-state index < -0.39 is 5.82 Å². The molecular formula is C30H31FN4O3S. The molecule has 3 heterocycles. The normalized spacial score (nSPS) is 12.9. The average Bonchev–Trinajstić information content (AvgIpc) is 3.63. The Kier molecular flexibility index (Phi) is 8.16. The number of fused-ring (bicyclic) bond motifs is 1. The summed E-state index contributed by atoms with van der Waals surface area (Å²) in [5.74, 6) is 0.780. The maximum absolute atomic E-state index is 14.9. The molecule has 9 heteroatoms. The van der Waals surface area contributed by atoms with Crippen molar-refractivity contribution >= 4 is 33.4 Å². The molecule has 0 spiro atoms. The largest absolute Gasteiger partial charge is 0.453 e. The van der Waals surface area contributed by atoms with Crippen molar-refractivity contribution in [2.24, 2.45) is 5.92 Å². The lowest BCUT2D eigenvalue weighted by atomic mass is 10.0. The predicted octanol–water partition coefficient (Wildman–Crippen LogP) is 6.75. The van der Waals surface area contributed by atoms with Crippen LogP contribution in [0.2, 0.25) is 0 Å². The minimum Gasteiger partial charge on any atom is -0.453 e. The zero-order valence-corrected chi connectivity index (χ0v) is 22.9. The number of aromatic nitrogens is 2. The monoisotopic (exact) mass is 546 g/mol. The summed E-state index contributed by atoms with van der Waals surface area (Å²) in [5, 5.41) is 2.68. The van der Waals surface area contributed by atoms with Crippen molar-refractivity contribution in [1.82, 2.24) is 20.2 Å². The average molecular weight is 547 g/mol. The summed E-state index contributed by atoms with van der Waals surface area (Å²) in [7, 11) is 1.63. The molecule has 2 amide bonds. The van der Waals surface area contributed by atoms with Crippen LogP contribution in [-0.2, 0) is 17.8 Å². The second kappa shape index (κ2) is 11.9. The highest BCUT2D eigenvalue weighted by Gasteiger charge is 2.24. The molecule has 0 atom stereocenters. The van der Waals surface area contributed by atoms with Crippen molar-refractivity contribution < 1.29 is 18.7 Å². The van der Waals surface area contributed by atoms with Gasteiger partial charge in [-0.1, -0.05) is 19.1 Å². The number of carbonyl (C=O) groups excluding carboxylic acids is 2. The van der Waals surface area contributed by atoms with Crippen LogP contribution in [0, 0.1) is 11.7 Å². The van der Waals surface area contributed by atoms with Crippen molar-refractivity contribution in [2.75, 3.05) is 13.6 Å². The Bertz CT molecular complexity index is 1480. The Morgan fingerprint density at radius 1 is 1.10 bits per heavy atom. The molecule has 1 N–H and O–H groups in total. The SMILES string of the molecule is CCCN(Cc1ccc(-c2cc3nccc(Oc4ccc(CC(=O)CC5CC5)cc4F)c3s2)nc1)C(=O)NC. The highest BCUT2D eigenvalue weighted by Crippen LogP contribution is 2.39. The van der Waals surface area contributed by atoms with E-state index in [2.05, 4.69) is 15.3 Å². The lowest BCUT2D eigenvalue weighted by molar-refractivity contribution is -0.118. The van der Waals surface area contributed by atoms with Gasteiger partial charge in [0, 0.05) is 51.4 Å². The number of pyridine rings is 2. The van der Waals surface area contributed by atoms with Gasteiger partial charge in [0.05, 0.1) is 20.8 Å². The zero-order chi connectivity index (χ0) is 27.4. The van der Waals surface area contributed by atoms with E-state index >= 15 is 0 Å². The first kappa shape index (κ1) is 26.7. The van der Waals surface area contributed by atoms with Gasteiger partial charge in [-0.15, -0.1) is 11.3 Å². The Labute approximate surface area is 231 Å².